The highest BCUT2D eigenvalue weighted by atomic mass is 19.1. The number of guanidine groups is 1. The summed E-state index contributed by atoms with van der Waals surface area (Å²) in [7, 11) is 1.76. The molecule has 0 spiro atoms. The highest BCUT2D eigenvalue weighted by Crippen LogP contribution is 2.28. The van der Waals surface area contributed by atoms with Gasteiger partial charge >= 0.3 is 0 Å². The number of nitrogens with zero attached hydrogens (tertiary/aromatic N) is 1. The molecule has 134 valence electrons. The van der Waals surface area contributed by atoms with Crippen molar-refractivity contribution < 1.29 is 13.9 Å². The summed E-state index contributed by atoms with van der Waals surface area (Å²) >= 11 is 0. The maximum absolute atomic E-state index is 12.8. The van der Waals surface area contributed by atoms with Crippen LogP contribution < -0.4 is 15.4 Å². The van der Waals surface area contributed by atoms with Crippen LogP contribution in [0, 0.1) is 11.7 Å². The standard InChI is InChI=1S/C18H28FN3O2/c1-20-18(21-10-2-12-23-14-15-4-5-15)22-11-3-13-24-17-8-6-16(19)7-9-17/h6-9,15H,2-5,10-14H2,1H3,(H2,20,21,22). The van der Waals surface area contributed by atoms with Crippen molar-refractivity contribution in [2.45, 2.75) is 25.7 Å². The van der Waals surface area contributed by atoms with Gasteiger partial charge in [-0.15, -0.1) is 0 Å². The molecule has 1 fully saturated rings. The predicted molar refractivity (Wildman–Crippen MR) is 94.0 cm³/mol. The Morgan fingerprint density at radius 3 is 2.42 bits per heavy atom. The molecule has 0 atom stereocenters. The first kappa shape index (κ1) is 18.5. The van der Waals surface area contributed by atoms with Crippen molar-refractivity contribution >= 4 is 5.96 Å². The zero-order valence-electron chi connectivity index (χ0n) is 14.4. The van der Waals surface area contributed by atoms with Crippen LogP contribution in [0.25, 0.3) is 0 Å². The van der Waals surface area contributed by atoms with Crippen LogP contribution in [-0.4, -0.2) is 45.9 Å². The molecule has 6 heteroatoms. The van der Waals surface area contributed by atoms with Gasteiger partial charge in [0.05, 0.1) is 6.61 Å². The van der Waals surface area contributed by atoms with Crippen molar-refractivity contribution in [1.82, 2.24) is 10.6 Å². The minimum absolute atomic E-state index is 0.253. The minimum atomic E-state index is -0.253. The van der Waals surface area contributed by atoms with Gasteiger partial charge in [-0.05, 0) is 55.9 Å². The highest BCUT2D eigenvalue weighted by Gasteiger charge is 2.20. The molecule has 0 bridgehead atoms. The van der Waals surface area contributed by atoms with E-state index >= 15 is 0 Å². The molecule has 1 aromatic carbocycles. The zero-order chi connectivity index (χ0) is 17.0. The Morgan fingerprint density at radius 1 is 1.12 bits per heavy atom. The van der Waals surface area contributed by atoms with Gasteiger partial charge in [-0.3, -0.25) is 4.99 Å². The highest BCUT2D eigenvalue weighted by molar-refractivity contribution is 5.79. The van der Waals surface area contributed by atoms with Crippen molar-refractivity contribution in [3.8, 4) is 5.75 Å². The van der Waals surface area contributed by atoms with Crippen LogP contribution in [0.15, 0.2) is 29.3 Å². The van der Waals surface area contributed by atoms with Gasteiger partial charge in [-0.1, -0.05) is 0 Å². The Kier molecular flexibility index (Phi) is 8.38. The lowest BCUT2D eigenvalue weighted by molar-refractivity contribution is 0.123. The fraction of sp³-hybridized carbons (Fsp3) is 0.611. The average molecular weight is 337 g/mol. The van der Waals surface area contributed by atoms with Crippen LogP contribution in [0.3, 0.4) is 0 Å². The smallest absolute Gasteiger partial charge is 0.190 e. The van der Waals surface area contributed by atoms with E-state index in [1.54, 1.807) is 19.2 Å². The van der Waals surface area contributed by atoms with E-state index in [0.717, 1.165) is 51.0 Å². The van der Waals surface area contributed by atoms with Gasteiger partial charge in [0.1, 0.15) is 11.6 Å². The maximum atomic E-state index is 12.8. The lowest BCUT2D eigenvalue weighted by Gasteiger charge is -2.12. The van der Waals surface area contributed by atoms with Gasteiger partial charge in [0.2, 0.25) is 0 Å². The maximum Gasteiger partial charge on any atom is 0.190 e. The number of ether oxygens (including phenoxy) is 2. The molecule has 0 radical (unpaired) electrons. The Labute approximate surface area is 143 Å². The summed E-state index contributed by atoms with van der Waals surface area (Å²) in [5, 5.41) is 6.51. The molecule has 2 rings (SSSR count). The Balaban J connectivity index is 1.44. The summed E-state index contributed by atoms with van der Waals surface area (Å²) in [6.45, 7) is 3.90. The second-order valence-electron chi connectivity index (χ2n) is 5.95. The van der Waals surface area contributed by atoms with Crippen molar-refractivity contribution in [3.05, 3.63) is 30.1 Å². The number of aliphatic imine (C=N–C) groups is 1. The summed E-state index contributed by atoms with van der Waals surface area (Å²) in [5.41, 5.74) is 0. The van der Waals surface area contributed by atoms with Crippen molar-refractivity contribution in [3.63, 3.8) is 0 Å². The molecule has 0 saturated heterocycles. The van der Waals surface area contributed by atoms with Crippen LogP contribution in [0.1, 0.15) is 25.7 Å². The molecule has 1 aliphatic carbocycles. The van der Waals surface area contributed by atoms with E-state index in [1.165, 1.54) is 25.0 Å². The van der Waals surface area contributed by atoms with E-state index in [-0.39, 0.29) is 5.82 Å². The van der Waals surface area contributed by atoms with Gasteiger partial charge in [0, 0.05) is 33.4 Å². The molecule has 0 amide bonds. The molecule has 1 aromatic rings. The van der Waals surface area contributed by atoms with Crippen LogP contribution in [0.5, 0.6) is 5.75 Å². The number of halogens is 1. The molecule has 0 aliphatic heterocycles. The second kappa shape index (κ2) is 10.9. The molecular formula is C18H28FN3O2. The molecular weight excluding hydrogens is 309 g/mol. The van der Waals surface area contributed by atoms with Gasteiger partial charge in [0.15, 0.2) is 5.96 Å². The summed E-state index contributed by atoms with van der Waals surface area (Å²) in [5.74, 6) is 2.05. The normalized spacial score (nSPS) is 14.5. The third kappa shape index (κ3) is 8.15. The summed E-state index contributed by atoms with van der Waals surface area (Å²) in [6.07, 6.45) is 4.48. The number of benzene rings is 1. The second-order valence-corrected chi connectivity index (χ2v) is 5.95. The summed E-state index contributed by atoms with van der Waals surface area (Å²) < 4.78 is 23.9. The van der Waals surface area contributed by atoms with Crippen molar-refractivity contribution in [2.75, 3.05) is 40.0 Å². The van der Waals surface area contributed by atoms with Crippen molar-refractivity contribution in [1.29, 1.82) is 0 Å². The lowest BCUT2D eigenvalue weighted by atomic mass is 10.3. The van der Waals surface area contributed by atoms with Gasteiger partial charge < -0.3 is 20.1 Å². The fourth-order valence-electron chi connectivity index (χ4n) is 2.14. The van der Waals surface area contributed by atoms with E-state index in [9.17, 15) is 4.39 Å². The molecule has 5 nitrogen and oxygen atoms in total. The molecule has 0 heterocycles. The van der Waals surface area contributed by atoms with Crippen LogP contribution >= 0.6 is 0 Å². The van der Waals surface area contributed by atoms with E-state index in [0.29, 0.717) is 12.4 Å². The predicted octanol–water partition coefficient (Wildman–Crippen LogP) is 2.58. The SMILES string of the molecule is CN=C(NCCCOCC1CC1)NCCCOc1ccc(F)cc1. The molecule has 24 heavy (non-hydrogen) atoms. The van der Waals surface area contributed by atoms with Crippen molar-refractivity contribution in [2.24, 2.45) is 10.9 Å². The zero-order valence-corrected chi connectivity index (χ0v) is 14.4. The van der Waals surface area contributed by atoms with E-state index in [1.807, 2.05) is 0 Å². The Hall–Kier alpha value is -1.82. The third-order valence-corrected chi connectivity index (χ3v) is 3.73. The van der Waals surface area contributed by atoms with E-state index < -0.39 is 0 Å². The van der Waals surface area contributed by atoms with Gasteiger partial charge in [0.25, 0.3) is 0 Å². The lowest BCUT2D eigenvalue weighted by Crippen LogP contribution is -2.38. The summed E-state index contributed by atoms with van der Waals surface area (Å²) in [6, 6.07) is 6.06. The first-order chi connectivity index (χ1) is 11.8. The first-order valence-corrected chi connectivity index (χ1v) is 8.68. The Morgan fingerprint density at radius 2 is 1.79 bits per heavy atom. The van der Waals surface area contributed by atoms with Crippen LogP contribution in [-0.2, 0) is 4.74 Å². The number of nitrogens with one attached hydrogen (secondary N) is 2. The third-order valence-electron chi connectivity index (χ3n) is 3.73. The average Bonchev–Trinajstić information content (AvgIpc) is 3.41. The van der Waals surface area contributed by atoms with Gasteiger partial charge in [-0.2, -0.15) is 0 Å². The topological polar surface area (TPSA) is 54.9 Å². The number of hydrogen-bond acceptors (Lipinski definition) is 3. The molecule has 1 saturated carbocycles. The largest absolute Gasteiger partial charge is 0.494 e. The molecule has 2 N–H and O–H groups in total. The monoisotopic (exact) mass is 337 g/mol. The molecule has 0 unspecified atom stereocenters. The number of rotatable bonds is 11. The van der Waals surface area contributed by atoms with E-state index in [4.69, 9.17) is 9.47 Å². The Bertz CT molecular complexity index is 490. The molecule has 1 aliphatic rings. The summed E-state index contributed by atoms with van der Waals surface area (Å²) in [4.78, 5) is 4.18. The first-order valence-electron chi connectivity index (χ1n) is 8.68. The minimum Gasteiger partial charge on any atom is -0.494 e. The van der Waals surface area contributed by atoms with Crippen LogP contribution in [0.4, 0.5) is 4.39 Å². The fourth-order valence-corrected chi connectivity index (χ4v) is 2.14. The quantitative estimate of drug-likeness (QED) is 0.370. The number of hydrogen-bond donors (Lipinski definition) is 2. The van der Waals surface area contributed by atoms with Gasteiger partial charge in [-0.25, -0.2) is 4.39 Å². The van der Waals surface area contributed by atoms with Crippen LogP contribution in [0.2, 0.25) is 0 Å². The van der Waals surface area contributed by atoms with E-state index in [2.05, 4.69) is 15.6 Å². The molecule has 0 aromatic heterocycles.